The number of nitro groups is 1. The molecule has 1 aromatic carbocycles. The first kappa shape index (κ1) is 15.2. The van der Waals surface area contributed by atoms with Crippen molar-refractivity contribution >= 4 is 17.3 Å². The lowest BCUT2D eigenvalue weighted by Gasteiger charge is -2.29. The van der Waals surface area contributed by atoms with Crippen LogP contribution in [0.15, 0.2) is 18.2 Å². The van der Waals surface area contributed by atoms with Gasteiger partial charge < -0.3 is 16.2 Å². The average molecular weight is 294 g/mol. The Morgan fingerprint density at radius 2 is 2.14 bits per heavy atom. The molecule has 0 atom stereocenters. The predicted octanol–water partition coefficient (Wildman–Crippen LogP) is 0.662. The van der Waals surface area contributed by atoms with Crippen LogP contribution in [0.25, 0.3) is 0 Å². The minimum Gasteiger partial charge on any atom is -0.506 e. The van der Waals surface area contributed by atoms with Crippen molar-refractivity contribution < 1.29 is 14.8 Å². The number of carbonyl (C=O) groups excluding carboxylic acids is 1. The van der Waals surface area contributed by atoms with Crippen LogP contribution in [0.2, 0.25) is 0 Å². The molecule has 8 heteroatoms. The van der Waals surface area contributed by atoms with E-state index in [4.69, 9.17) is 5.73 Å². The summed E-state index contributed by atoms with van der Waals surface area (Å²) in [6, 6.07) is 3.69. The Kier molecular flexibility index (Phi) is 4.71. The van der Waals surface area contributed by atoms with Gasteiger partial charge in [-0.15, -0.1) is 0 Å². The number of piperidine rings is 1. The Hall–Kier alpha value is -2.19. The number of rotatable bonds is 4. The van der Waals surface area contributed by atoms with Gasteiger partial charge in [0.15, 0.2) is 0 Å². The van der Waals surface area contributed by atoms with Crippen molar-refractivity contribution in [3.8, 4) is 5.75 Å². The Bertz CT molecular complexity index is 541. The zero-order valence-electron chi connectivity index (χ0n) is 11.5. The van der Waals surface area contributed by atoms with Crippen LogP contribution in [-0.4, -0.2) is 46.5 Å². The molecule has 1 aliphatic heterocycles. The number of phenols is 1. The van der Waals surface area contributed by atoms with Gasteiger partial charge in [0.25, 0.3) is 5.69 Å². The third-order valence-electron chi connectivity index (χ3n) is 3.46. The van der Waals surface area contributed by atoms with Gasteiger partial charge in [-0.05, 0) is 18.9 Å². The quantitative estimate of drug-likeness (QED) is 0.426. The Labute approximate surface area is 121 Å². The van der Waals surface area contributed by atoms with Crippen molar-refractivity contribution in [2.45, 2.75) is 18.9 Å². The van der Waals surface area contributed by atoms with Gasteiger partial charge in [0, 0.05) is 31.3 Å². The van der Waals surface area contributed by atoms with Crippen LogP contribution in [-0.2, 0) is 4.79 Å². The van der Waals surface area contributed by atoms with Crippen molar-refractivity contribution in [2.75, 3.05) is 25.0 Å². The maximum atomic E-state index is 11.9. The fourth-order valence-corrected chi connectivity index (χ4v) is 2.24. The normalized spacial score (nSPS) is 16.6. The predicted molar refractivity (Wildman–Crippen MR) is 77.0 cm³/mol. The van der Waals surface area contributed by atoms with E-state index in [0.29, 0.717) is 0 Å². The number of phenolic OH excluding ortho intramolecular Hbond substituents is 1. The minimum atomic E-state index is -0.582. The van der Waals surface area contributed by atoms with Gasteiger partial charge in [0.1, 0.15) is 5.75 Å². The maximum Gasteiger partial charge on any atom is 0.271 e. The highest BCUT2D eigenvalue weighted by molar-refractivity contribution is 5.94. The minimum absolute atomic E-state index is 0.0444. The maximum absolute atomic E-state index is 11.9. The fraction of sp³-hybridized carbons (Fsp3) is 0.462. The Morgan fingerprint density at radius 1 is 1.48 bits per heavy atom. The van der Waals surface area contributed by atoms with E-state index >= 15 is 0 Å². The van der Waals surface area contributed by atoms with Crippen LogP contribution < -0.4 is 11.1 Å². The number of nitrogens with one attached hydrogen (secondary N) is 1. The topological polar surface area (TPSA) is 122 Å². The molecule has 0 spiro atoms. The molecular formula is C13H18N4O4. The van der Waals surface area contributed by atoms with Crippen LogP contribution in [0, 0.1) is 10.1 Å². The summed E-state index contributed by atoms with van der Waals surface area (Å²) in [5, 5.41) is 22.8. The first-order chi connectivity index (χ1) is 9.95. The third kappa shape index (κ3) is 4.14. The first-order valence-electron chi connectivity index (χ1n) is 6.71. The SMILES string of the molecule is NC1CCN(CC(=O)Nc2cc([N+](=O)[O-])ccc2O)CC1. The molecule has 1 aliphatic rings. The van der Waals surface area contributed by atoms with Gasteiger partial charge in [-0.3, -0.25) is 19.8 Å². The van der Waals surface area contributed by atoms with Gasteiger partial charge >= 0.3 is 0 Å². The summed E-state index contributed by atoms with van der Waals surface area (Å²) < 4.78 is 0. The molecule has 21 heavy (non-hydrogen) atoms. The van der Waals surface area contributed by atoms with Gasteiger partial charge in [0.2, 0.25) is 5.91 Å². The lowest BCUT2D eigenvalue weighted by molar-refractivity contribution is -0.384. The number of anilines is 1. The van der Waals surface area contributed by atoms with Crippen molar-refractivity contribution in [3.05, 3.63) is 28.3 Å². The molecule has 8 nitrogen and oxygen atoms in total. The average Bonchev–Trinajstić information content (AvgIpc) is 2.43. The number of hydrogen-bond acceptors (Lipinski definition) is 6. The highest BCUT2D eigenvalue weighted by Crippen LogP contribution is 2.27. The molecule has 1 amide bonds. The zero-order valence-corrected chi connectivity index (χ0v) is 11.5. The van der Waals surface area contributed by atoms with Crippen molar-refractivity contribution in [1.29, 1.82) is 0 Å². The molecule has 1 heterocycles. The molecule has 0 bridgehead atoms. The van der Waals surface area contributed by atoms with E-state index in [9.17, 15) is 20.0 Å². The number of aromatic hydroxyl groups is 1. The molecule has 4 N–H and O–H groups in total. The molecular weight excluding hydrogens is 276 g/mol. The van der Waals surface area contributed by atoms with Crippen LogP contribution in [0.5, 0.6) is 5.75 Å². The van der Waals surface area contributed by atoms with Crippen LogP contribution in [0.1, 0.15) is 12.8 Å². The van der Waals surface area contributed by atoms with Crippen LogP contribution in [0.3, 0.4) is 0 Å². The monoisotopic (exact) mass is 294 g/mol. The smallest absolute Gasteiger partial charge is 0.271 e. The molecule has 1 saturated heterocycles. The largest absolute Gasteiger partial charge is 0.506 e. The number of carbonyl (C=O) groups is 1. The number of hydrogen-bond donors (Lipinski definition) is 3. The fourth-order valence-electron chi connectivity index (χ4n) is 2.24. The summed E-state index contributed by atoms with van der Waals surface area (Å²) in [5.74, 6) is -0.518. The number of nitrogens with zero attached hydrogens (tertiary/aromatic N) is 2. The molecule has 0 saturated carbocycles. The molecule has 1 fully saturated rings. The highest BCUT2D eigenvalue weighted by Gasteiger charge is 2.19. The number of nitrogens with two attached hydrogens (primary N) is 1. The second-order valence-electron chi connectivity index (χ2n) is 5.12. The Morgan fingerprint density at radius 3 is 2.76 bits per heavy atom. The highest BCUT2D eigenvalue weighted by atomic mass is 16.6. The lowest BCUT2D eigenvalue weighted by Crippen LogP contribution is -2.43. The van der Waals surface area contributed by atoms with Gasteiger partial charge in [-0.1, -0.05) is 0 Å². The second-order valence-corrected chi connectivity index (χ2v) is 5.12. The van der Waals surface area contributed by atoms with E-state index < -0.39 is 4.92 Å². The summed E-state index contributed by atoms with van der Waals surface area (Å²) in [5.41, 5.74) is 5.65. The molecule has 0 aliphatic carbocycles. The van der Waals surface area contributed by atoms with Gasteiger partial charge in [-0.2, -0.15) is 0 Å². The molecule has 1 aromatic rings. The van der Waals surface area contributed by atoms with E-state index in [0.717, 1.165) is 32.0 Å². The number of amides is 1. The lowest BCUT2D eigenvalue weighted by atomic mass is 10.1. The molecule has 0 unspecified atom stereocenters. The number of non-ortho nitro benzene ring substituents is 1. The zero-order chi connectivity index (χ0) is 15.4. The second kappa shape index (κ2) is 6.51. The summed E-state index contributed by atoms with van der Waals surface area (Å²) in [4.78, 5) is 24.0. The van der Waals surface area contributed by atoms with E-state index in [2.05, 4.69) is 5.32 Å². The molecule has 0 radical (unpaired) electrons. The summed E-state index contributed by atoms with van der Waals surface area (Å²) in [7, 11) is 0. The number of benzene rings is 1. The van der Waals surface area contributed by atoms with Crippen molar-refractivity contribution in [1.82, 2.24) is 4.90 Å². The molecule has 0 aromatic heterocycles. The first-order valence-corrected chi connectivity index (χ1v) is 6.71. The number of nitro benzene ring substituents is 1. The van der Waals surface area contributed by atoms with Crippen molar-refractivity contribution in [2.24, 2.45) is 5.73 Å². The summed E-state index contributed by atoms with van der Waals surface area (Å²) >= 11 is 0. The molecule has 114 valence electrons. The number of likely N-dealkylation sites (tertiary alicyclic amines) is 1. The van der Waals surface area contributed by atoms with E-state index in [1.54, 1.807) is 0 Å². The van der Waals surface area contributed by atoms with Crippen LogP contribution >= 0.6 is 0 Å². The summed E-state index contributed by atoms with van der Waals surface area (Å²) in [6.45, 7) is 1.67. The van der Waals surface area contributed by atoms with Gasteiger partial charge in [0.05, 0.1) is 17.2 Å². The third-order valence-corrected chi connectivity index (χ3v) is 3.46. The van der Waals surface area contributed by atoms with Crippen LogP contribution in [0.4, 0.5) is 11.4 Å². The van der Waals surface area contributed by atoms with Crippen molar-refractivity contribution in [3.63, 3.8) is 0 Å². The van der Waals surface area contributed by atoms with E-state index in [-0.39, 0.29) is 35.6 Å². The van der Waals surface area contributed by atoms with E-state index in [1.165, 1.54) is 12.1 Å². The Balaban J connectivity index is 1.96. The summed E-state index contributed by atoms with van der Waals surface area (Å²) in [6.07, 6.45) is 1.69. The van der Waals surface area contributed by atoms with E-state index in [1.807, 2.05) is 4.90 Å². The molecule has 2 rings (SSSR count). The standard InChI is InChI=1S/C13H18N4O4/c14-9-3-5-16(6-4-9)8-13(19)15-11-7-10(17(20)21)1-2-12(11)18/h1-2,7,9,18H,3-6,8,14H2,(H,15,19). The van der Waals surface area contributed by atoms with Gasteiger partial charge in [-0.25, -0.2) is 0 Å².